The zero-order valence-corrected chi connectivity index (χ0v) is 11.0. The normalized spacial score (nSPS) is 44.5. The maximum absolute atomic E-state index is 12.0. The number of fused-ring (bicyclic) bond motifs is 3. The van der Waals surface area contributed by atoms with Crippen LogP contribution < -0.4 is 16.0 Å². The molecule has 0 aromatic rings. The van der Waals surface area contributed by atoms with Gasteiger partial charge in [0.2, 0.25) is 5.91 Å². The summed E-state index contributed by atoms with van der Waals surface area (Å²) in [5.41, 5.74) is 0. The first-order valence-electron chi connectivity index (χ1n) is 7.17. The van der Waals surface area contributed by atoms with Gasteiger partial charge in [0.1, 0.15) is 5.92 Å². The van der Waals surface area contributed by atoms with Crippen molar-refractivity contribution in [2.45, 2.75) is 37.5 Å². The van der Waals surface area contributed by atoms with E-state index in [1.165, 1.54) is 6.42 Å². The molecule has 1 amide bonds. The highest BCUT2D eigenvalue weighted by atomic mass is 16.5. The topological polar surface area (TPSA) is 67.0 Å². The third kappa shape index (κ3) is 2.15. The number of ether oxygens (including phenoxy) is 1. The van der Waals surface area contributed by atoms with Crippen LogP contribution in [0.15, 0.2) is 0 Å². The lowest BCUT2D eigenvalue weighted by molar-refractivity contribution is -0.713. The summed E-state index contributed by atoms with van der Waals surface area (Å²) in [6.07, 6.45) is 3.87. The maximum Gasteiger partial charge on any atom is 0.230 e. The van der Waals surface area contributed by atoms with Crippen LogP contribution >= 0.6 is 0 Å². The SMILES string of the molecule is COC1CCC2C(C1)[NH2+]CC1C(=O)NCCNC12. The van der Waals surface area contributed by atoms with Gasteiger partial charge in [-0.1, -0.05) is 0 Å². The zero-order chi connectivity index (χ0) is 12.5. The van der Waals surface area contributed by atoms with Crippen molar-refractivity contribution in [1.82, 2.24) is 10.6 Å². The van der Waals surface area contributed by atoms with Crippen LogP contribution in [-0.2, 0) is 9.53 Å². The Hall–Kier alpha value is -0.650. The van der Waals surface area contributed by atoms with Crippen LogP contribution in [0.4, 0.5) is 0 Å². The van der Waals surface area contributed by atoms with Gasteiger partial charge in [0.05, 0.1) is 18.7 Å². The molecule has 5 nitrogen and oxygen atoms in total. The Bertz CT molecular complexity index is 323. The van der Waals surface area contributed by atoms with Crippen LogP contribution in [0.25, 0.3) is 0 Å². The number of methoxy groups -OCH3 is 1. The second-order valence-corrected chi connectivity index (χ2v) is 5.85. The summed E-state index contributed by atoms with van der Waals surface area (Å²) in [5.74, 6) is 1.01. The lowest BCUT2D eigenvalue weighted by atomic mass is 9.71. The quantitative estimate of drug-likeness (QED) is 0.531. The largest absolute Gasteiger partial charge is 0.381 e. The van der Waals surface area contributed by atoms with Crippen molar-refractivity contribution < 1.29 is 14.8 Å². The molecule has 3 aliphatic rings. The van der Waals surface area contributed by atoms with Gasteiger partial charge in [-0.05, 0) is 12.8 Å². The van der Waals surface area contributed by atoms with Gasteiger partial charge in [0.25, 0.3) is 0 Å². The molecule has 2 saturated heterocycles. The van der Waals surface area contributed by atoms with Gasteiger partial charge in [-0.3, -0.25) is 4.79 Å². The number of hydrogen-bond donors (Lipinski definition) is 3. The Labute approximate surface area is 108 Å². The Kier molecular flexibility index (Phi) is 3.54. The second-order valence-electron chi connectivity index (χ2n) is 5.85. The standard InChI is InChI=1S/C13H23N3O2/c1-18-8-2-3-9-11(6-8)16-7-10-12(9)14-4-5-15-13(10)17/h8-12,14,16H,2-7H2,1H3,(H,15,17)/p+1. The van der Waals surface area contributed by atoms with Crippen molar-refractivity contribution in [3.05, 3.63) is 0 Å². The Morgan fingerprint density at radius 2 is 2.22 bits per heavy atom. The molecule has 0 bridgehead atoms. The van der Waals surface area contributed by atoms with E-state index in [4.69, 9.17) is 4.74 Å². The summed E-state index contributed by atoms with van der Waals surface area (Å²) < 4.78 is 5.50. The summed E-state index contributed by atoms with van der Waals surface area (Å²) >= 11 is 0. The van der Waals surface area contributed by atoms with Crippen molar-refractivity contribution >= 4 is 5.91 Å². The van der Waals surface area contributed by atoms with Crippen molar-refractivity contribution in [3.8, 4) is 0 Å². The molecular weight excluding hydrogens is 230 g/mol. The number of carbonyl (C=O) groups excluding carboxylic acids is 1. The minimum atomic E-state index is 0.146. The molecule has 0 aromatic carbocycles. The van der Waals surface area contributed by atoms with Crippen LogP contribution in [0.3, 0.4) is 0 Å². The summed E-state index contributed by atoms with van der Waals surface area (Å²) in [6, 6.07) is 1.00. The molecule has 1 saturated carbocycles. The van der Waals surface area contributed by atoms with Crippen molar-refractivity contribution in [2.75, 3.05) is 26.7 Å². The van der Waals surface area contributed by atoms with E-state index >= 15 is 0 Å². The first kappa shape index (κ1) is 12.4. The van der Waals surface area contributed by atoms with Crippen LogP contribution in [0.1, 0.15) is 19.3 Å². The van der Waals surface area contributed by atoms with Gasteiger partial charge in [0, 0.05) is 38.6 Å². The number of nitrogens with two attached hydrogens (primary N) is 1. The number of hydrogen-bond acceptors (Lipinski definition) is 3. The van der Waals surface area contributed by atoms with Gasteiger partial charge in [-0.25, -0.2) is 0 Å². The molecule has 0 aromatic heterocycles. The fourth-order valence-electron chi connectivity index (χ4n) is 4.01. The summed E-state index contributed by atoms with van der Waals surface area (Å²) in [6.45, 7) is 2.59. The van der Waals surface area contributed by atoms with Crippen molar-refractivity contribution in [2.24, 2.45) is 11.8 Å². The fourth-order valence-corrected chi connectivity index (χ4v) is 4.01. The molecule has 102 valence electrons. The average Bonchev–Trinajstić information content (AvgIpc) is 2.60. The van der Waals surface area contributed by atoms with Gasteiger partial charge in [-0.2, -0.15) is 0 Å². The van der Waals surface area contributed by atoms with E-state index in [-0.39, 0.29) is 11.8 Å². The van der Waals surface area contributed by atoms with Crippen LogP contribution in [0, 0.1) is 11.8 Å². The Morgan fingerprint density at radius 3 is 3.06 bits per heavy atom. The lowest BCUT2D eigenvalue weighted by Crippen LogP contribution is -2.97. The van der Waals surface area contributed by atoms with E-state index in [1.807, 2.05) is 7.11 Å². The lowest BCUT2D eigenvalue weighted by Gasteiger charge is -2.44. The molecule has 0 spiro atoms. The monoisotopic (exact) mass is 254 g/mol. The molecule has 5 heteroatoms. The van der Waals surface area contributed by atoms with E-state index in [0.717, 1.165) is 32.5 Å². The highest BCUT2D eigenvalue weighted by molar-refractivity contribution is 5.80. The first-order valence-corrected chi connectivity index (χ1v) is 7.17. The highest BCUT2D eigenvalue weighted by Gasteiger charge is 2.48. The molecule has 2 aliphatic heterocycles. The molecule has 4 N–H and O–H groups in total. The predicted molar refractivity (Wildman–Crippen MR) is 67.0 cm³/mol. The first-order chi connectivity index (χ1) is 8.79. The maximum atomic E-state index is 12.0. The van der Waals surface area contributed by atoms with E-state index in [1.54, 1.807) is 0 Å². The smallest absolute Gasteiger partial charge is 0.230 e. The number of carbonyl (C=O) groups is 1. The van der Waals surface area contributed by atoms with E-state index in [0.29, 0.717) is 24.1 Å². The van der Waals surface area contributed by atoms with Gasteiger partial charge in [0.15, 0.2) is 0 Å². The fraction of sp³-hybridized carbons (Fsp3) is 0.923. The average molecular weight is 254 g/mol. The predicted octanol–water partition coefficient (Wildman–Crippen LogP) is -1.55. The second kappa shape index (κ2) is 5.15. The summed E-state index contributed by atoms with van der Waals surface area (Å²) in [4.78, 5) is 12.0. The molecule has 0 radical (unpaired) electrons. The number of piperidine rings is 1. The van der Waals surface area contributed by atoms with Gasteiger partial charge < -0.3 is 20.7 Å². The number of nitrogens with one attached hydrogen (secondary N) is 2. The number of rotatable bonds is 1. The molecule has 5 atom stereocenters. The van der Waals surface area contributed by atoms with E-state index in [9.17, 15) is 4.79 Å². The van der Waals surface area contributed by atoms with E-state index in [2.05, 4.69) is 16.0 Å². The zero-order valence-electron chi connectivity index (χ0n) is 11.0. The van der Waals surface area contributed by atoms with E-state index < -0.39 is 0 Å². The number of quaternary nitrogens is 1. The minimum absolute atomic E-state index is 0.146. The third-order valence-electron chi connectivity index (χ3n) is 4.97. The minimum Gasteiger partial charge on any atom is -0.381 e. The Balaban J connectivity index is 1.74. The van der Waals surface area contributed by atoms with Gasteiger partial charge in [-0.15, -0.1) is 0 Å². The number of amides is 1. The summed E-state index contributed by atoms with van der Waals surface area (Å²) in [5, 5.41) is 8.99. The van der Waals surface area contributed by atoms with Crippen LogP contribution in [0.2, 0.25) is 0 Å². The van der Waals surface area contributed by atoms with Crippen molar-refractivity contribution in [3.63, 3.8) is 0 Å². The molecule has 3 fully saturated rings. The van der Waals surface area contributed by atoms with Crippen LogP contribution in [-0.4, -0.2) is 50.8 Å². The molecule has 3 rings (SSSR count). The molecular formula is C13H24N3O2+. The molecule has 5 unspecified atom stereocenters. The van der Waals surface area contributed by atoms with Gasteiger partial charge >= 0.3 is 0 Å². The van der Waals surface area contributed by atoms with Crippen molar-refractivity contribution in [1.29, 1.82) is 0 Å². The third-order valence-corrected chi connectivity index (χ3v) is 4.97. The molecule has 1 aliphatic carbocycles. The molecule has 2 heterocycles. The highest BCUT2D eigenvalue weighted by Crippen LogP contribution is 2.32. The molecule has 18 heavy (non-hydrogen) atoms. The Morgan fingerprint density at radius 1 is 1.33 bits per heavy atom. The summed E-state index contributed by atoms with van der Waals surface area (Å²) in [7, 11) is 1.81. The van der Waals surface area contributed by atoms with Crippen LogP contribution in [0.5, 0.6) is 0 Å².